The van der Waals surface area contributed by atoms with Gasteiger partial charge in [-0.2, -0.15) is 0 Å². The number of ether oxygens (including phenoxy) is 1. The lowest BCUT2D eigenvalue weighted by Crippen LogP contribution is -2.32. The number of hydrogen-bond acceptors (Lipinski definition) is 4. The summed E-state index contributed by atoms with van der Waals surface area (Å²) >= 11 is 0. The molecule has 1 aliphatic heterocycles. The van der Waals surface area contributed by atoms with Crippen LogP contribution in [0.15, 0.2) is 66.4 Å². The van der Waals surface area contributed by atoms with Gasteiger partial charge in [-0.25, -0.2) is 13.7 Å². The molecule has 1 aliphatic rings. The largest absolute Gasteiger partial charge is 0.497 e. The van der Waals surface area contributed by atoms with Gasteiger partial charge in [-0.15, -0.1) is 0 Å². The third-order valence-electron chi connectivity index (χ3n) is 5.40. The fraction of sp³-hybridized carbons (Fsp3) is 0.120. The number of methoxy groups -OCH3 is 1. The average molecular weight is 434 g/mol. The van der Waals surface area contributed by atoms with E-state index in [-0.39, 0.29) is 17.0 Å². The third-order valence-corrected chi connectivity index (χ3v) is 5.40. The van der Waals surface area contributed by atoms with Crippen LogP contribution in [-0.2, 0) is 9.59 Å². The second-order valence-electron chi connectivity index (χ2n) is 7.45. The molecule has 0 saturated carbocycles. The minimum absolute atomic E-state index is 0.0492. The summed E-state index contributed by atoms with van der Waals surface area (Å²) in [5.41, 5.74) is 3.25. The number of hydrogen-bond donors (Lipinski definition) is 1. The van der Waals surface area contributed by atoms with E-state index < -0.39 is 23.4 Å². The zero-order valence-corrected chi connectivity index (χ0v) is 17.7. The molecular formula is C25H20F2N2O3. The standard InChI is InChI=1S/C25H20F2N2O3/c1-14-4-5-16(12-15(14)2)22-23(28-17-6-9-19(32-3)10-7-17)25(31)29(24(22)30)18-8-11-20(26)21(27)13-18/h4-13,28H,1-3H3. The number of nitrogens with zero attached hydrogens (tertiary/aromatic N) is 1. The molecule has 0 saturated heterocycles. The first-order chi connectivity index (χ1) is 15.3. The average Bonchev–Trinajstić information content (AvgIpc) is 3.02. The van der Waals surface area contributed by atoms with Crippen molar-refractivity contribution in [2.75, 3.05) is 17.3 Å². The van der Waals surface area contributed by atoms with Crippen LogP contribution in [0, 0.1) is 25.5 Å². The second kappa shape index (κ2) is 8.26. The Morgan fingerprint density at radius 2 is 1.53 bits per heavy atom. The van der Waals surface area contributed by atoms with Crippen molar-refractivity contribution < 1.29 is 23.1 Å². The van der Waals surface area contributed by atoms with E-state index in [2.05, 4.69) is 5.32 Å². The lowest BCUT2D eigenvalue weighted by molar-refractivity contribution is -0.120. The summed E-state index contributed by atoms with van der Waals surface area (Å²) in [5, 5.41) is 3.02. The normalized spacial score (nSPS) is 13.7. The first-order valence-electron chi connectivity index (χ1n) is 9.87. The van der Waals surface area contributed by atoms with Crippen LogP contribution < -0.4 is 15.0 Å². The number of carbonyl (C=O) groups excluding carboxylic acids is 2. The number of rotatable bonds is 5. The molecule has 5 nitrogen and oxygen atoms in total. The van der Waals surface area contributed by atoms with E-state index in [4.69, 9.17) is 4.74 Å². The summed E-state index contributed by atoms with van der Waals surface area (Å²) in [6.45, 7) is 3.85. The van der Waals surface area contributed by atoms with Crippen LogP contribution in [0.2, 0.25) is 0 Å². The molecule has 0 aliphatic carbocycles. The predicted molar refractivity (Wildman–Crippen MR) is 118 cm³/mol. The van der Waals surface area contributed by atoms with Crippen molar-refractivity contribution in [3.63, 3.8) is 0 Å². The number of amides is 2. The summed E-state index contributed by atoms with van der Waals surface area (Å²) in [7, 11) is 1.54. The van der Waals surface area contributed by atoms with Gasteiger partial charge in [-0.05, 0) is 66.9 Å². The van der Waals surface area contributed by atoms with Crippen molar-refractivity contribution in [1.29, 1.82) is 0 Å². The minimum atomic E-state index is -1.15. The van der Waals surface area contributed by atoms with Gasteiger partial charge >= 0.3 is 0 Å². The minimum Gasteiger partial charge on any atom is -0.497 e. The van der Waals surface area contributed by atoms with E-state index in [0.717, 1.165) is 28.2 Å². The number of carbonyl (C=O) groups is 2. The Morgan fingerprint density at radius 3 is 2.16 bits per heavy atom. The van der Waals surface area contributed by atoms with Gasteiger partial charge in [0.15, 0.2) is 11.6 Å². The molecule has 4 rings (SSSR count). The van der Waals surface area contributed by atoms with Crippen LogP contribution in [0.25, 0.3) is 5.57 Å². The molecule has 162 valence electrons. The maximum atomic E-state index is 13.9. The summed E-state index contributed by atoms with van der Waals surface area (Å²) in [6, 6.07) is 15.2. The van der Waals surface area contributed by atoms with Crippen molar-refractivity contribution in [2.24, 2.45) is 0 Å². The third kappa shape index (κ3) is 3.73. The zero-order valence-electron chi connectivity index (χ0n) is 17.7. The fourth-order valence-electron chi connectivity index (χ4n) is 3.49. The Balaban J connectivity index is 1.82. The van der Waals surface area contributed by atoms with Crippen LogP contribution in [0.1, 0.15) is 16.7 Å². The molecule has 7 heteroatoms. The molecule has 0 unspecified atom stereocenters. The quantitative estimate of drug-likeness (QED) is 0.575. The van der Waals surface area contributed by atoms with Crippen molar-refractivity contribution in [3.05, 3.63) is 94.7 Å². The van der Waals surface area contributed by atoms with Gasteiger partial charge in [0.25, 0.3) is 11.8 Å². The van der Waals surface area contributed by atoms with E-state index in [9.17, 15) is 18.4 Å². The van der Waals surface area contributed by atoms with Crippen LogP contribution >= 0.6 is 0 Å². The van der Waals surface area contributed by atoms with E-state index in [1.54, 1.807) is 37.4 Å². The maximum absolute atomic E-state index is 13.9. The number of nitrogens with one attached hydrogen (secondary N) is 1. The Kier molecular flexibility index (Phi) is 5.48. The van der Waals surface area contributed by atoms with Gasteiger partial charge in [0.1, 0.15) is 11.4 Å². The molecule has 0 radical (unpaired) electrons. The summed E-state index contributed by atoms with van der Waals surface area (Å²) < 4.78 is 32.4. The smallest absolute Gasteiger partial charge is 0.282 e. The highest BCUT2D eigenvalue weighted by atomic mass is 19.2. The highest BCUT2D eigenvalue weighted by molar-refractivity contribution is 6.46. The second-order valence-corrected chi connectivity index (χ2v) is 7.45. The van der Waals surface area contributed by atoms with Crippen LogP contribution in [-0.4, -0.2) is 18.9 Å². The van der Waals surface area contributed by atoms with Gasteiger partial charge < -0.3 is 10.1 Å². The topological polar surface area (TPSA) is 58.6 Å². The molecule has 0 fully saturated rings. The molecule has 3 aromatic carbocycles. The van der Waals surface area contributed by atoms with Gasteiger partial charge in [-0.1, -0.05) is 18.2 Å². The molecule has 32 heavy (non-hydrogen) atoms. The summed E-state index contributed by atoms with van der Waals surface area (Å²) in [5.74, 6) is -2.86. The molecular weight excluding hydrogens is 414 g/mol. The molecule has 1 heterocycles. The zero-order chi connectivity index (χ0) is 23.0. The van der Waals surface area contributed by atoms with E-state index >= 15 is 0 Å². The highest BCUT2D eigenvalue weighted by Crippen LogP contribution is 2.35. The molecule has 2 amide bonds. The Bertz CT molecular complexity index is 1270. The molecule has 0 atom stereocenters. The molecule has 0 spiro atoms. The van der Waals surface area contributed by atoms with Crippen molar-refractivity contribution in [3.8, 4) is 5.75 Å². The number of benzene rings is 3. The maximum Gasteiger partial charge on any atom is 0.282 e. The van der Waals surface area contributed by atoms with Crippen molar-refractivity contribution in [2.45, 2.75) is 13.8 Å². The first-order valence-corrected chi connectivity index (χ1v) is 9.87. The van der Waals surface area contributed by atoms with Crippen molar-refractivity contribution in [1.82, 2.24) is 0 Å². The van der Waals surface area contributed by atoms with E-state index in [0.29, 0.717) is 17.0 Å². The number of aryl methyl sites for hydroxylation is 2. The first kappa shape index (κ1) is 21.2. The monoisotopic (exact) mass is 434 g/mol. The Morgan fingerprint density at radius 1 is 0.812 bits per heavy atom. The van der Waals surface area contributed by atoms with E-state index in [1.807, 2.05) is 26.0 Å². The van der Waals surface area contributed by atoms with Crippen LogP contribution in [0.5, 0.6) is 5.75 Å². The number of anilines is 2. The lowest BCUT2D eigenvalue weighted by atomic mass is 9.99. The van der Waals surface area contributed by atoms with Crippen molar-refractivity contribution >= 4 is 28.8 Å². The summed E-state index contributed by atoms with van der Waals surface area (Å²) in [4.78, 5) is 27.5. The molecule has 0 bridgehead atoms. The van der Waals surface area contributed by atoms with Gasteiger partial charge in [0.05, 0.1) is 18.4 Å². The Hall–Kier alpha value is -4.00. The number of halogens is 2. The van der Waals surface area contributed by atoms with Gasteiger partial charge in [0.2, 0.25) is 0 Å². The van der Waals surface area contributed by atoms with Crippen LogP contribution in [0.4, 0.5) is 20.2 Å². The van der Waals surface area contributed by atoms with Crippen LogP contribution in [0.3, 0.4) is 0 Å². The summed E-state index contributed by atoms with van der Waals surface area (Å²) in [6.07, 6.45) is 0. The Labute approximate surface area is 183 Å². The molecule has 0 aromatic heterocycles. The van der Waals surface area contributed by atoms with Gasteiger partial charge in [0, 0.05) is 11.8 Å². The lowest BCUT2D eigenvalue weighted by Gasteiger charge is -2.15. The fourth-order valence-corrected chi connectivity index (χ4v) is 3.49. The van der Waals surface area contributed by atoms with Gasteiger partial charge in [-0.3, -0.25) is 9.59 Å². The number of imide groups is 1. The predicted octanol–water partition coefficient (Wildman–Crippen LogP) is 4.99. The highest BCUT2D eigenvalue weighted by Gasteiger charge is 2.40. The molecule has 1 N–H and O–H groups in total. The van der Waals surface area contributed by atoms with E-state index in [1.165, 1.54) is 6.07 Å². The molecule has 3 aromatic rings. The SMILES string of the molecule is COc1ccc(NC2=C(c3ccc(C)c(C)c3)C(=O)N(c3ccc(F)c(F)c3)C2=O)cc1.